The molecule has 19 heavy (non-hydrogen) atoms. The molecular weight excluding hydrogens is 238 g/mol. The largest absolute Gasteiger partial charge is 0.351 e. The molecule has 1 saturated heterocycles. The van der Waals surface area contributed by atoms with Crippen LogP contribution in [0.25, 0.3) is 0 Å². The van der Waals surface area contributed by atoms with Crippen molar-refractivity contribution in [2.45, 2.75) is 19.4 Å². The lowest BCUT2D eigenvalue weighted by Gasteiger charge is -2.15. The summed E-state index contributed by atoms with van der Waals surface area (Å²) in [5.41, 5.74) is 6.71. The summed E-state index contributed by atoms with van der Waals surface area (Å²) in [5, 5.41) is 2.97. The van der Waals surface area contributed by atoms with E-state index in [2.05, 4.69) is 10.2 Å². The third-order valence-electron chi connectivity index (χ3n) is 3.64. The SMILES string of the molecule is NCCC1CCN(CC(=O)NCc2ccccc2)C1. The van der Waals surface area contributed by atoms with Crippen molar-refractivity contribution in [3.8, 4) is 0 Å². The van der Waals surface area contributed by atoms with E-state index < -0.39 is 0 Å². The lowest BCUT2D eigenvalue weighted by molar-refractivity contribution is -0.122. The lowest BCUT2D eigenvalue weighted by atomic mass is 10.1. The van der Waals surface area contributed by atoms with Crippen LogP contribution in [0.5, 0.6) is 0 Å². The highest BCUT2D eigenvalue weighted by Gasteiger charge is 2.23. The highest BCUT2D eigenvalue weighted by atomic mass is 16.2. The Morgan fingerprint density at radius 1 is 1.37 bits per heavy atom. The first-order chi connectivity index (χ1) is 9.28. The molecule has 1 aliphatic heterocycles. The van der Waals surface area contributed by atoms with Gasteiger partial charge in [0.2, 0.25) is 5.91 Å². The second-order valence-electron chi connectivity index (χ2n) is 5.23. The zero-order chi connectivity index (χ0) is 13.5. The van der Waals surface area contributed by atoms with E-state index in [0.717, 1.165) is 31.6 Å². The molecule has 1 aromatic carbocycles. The van der Waals surface area contributed by atoms with Gasteiger partial charge in [-0.2, -0.15) is 0 Å². The molecule has 3 N–H and O–H groups in total. The van der Waals surface area contributed by atoms with Crippen molar-refractivity contribution >= 4 is 5.91 Å². The van der Waals surface area contributed by atoms with Crippen LogP contribution in [0, 0.1) is 5.92 Å². The van der Waals surface area contributed by atoms with Crippen molar-refractivity contribution < 1.29 is 4.79 Å². The molecular formula is C15H23N3O. The van der Waals surface area contributed by atoms with Gasteiger partial charge < -0.3 is 11.1 Å². The molecule has 104 valence electrons. The smallest absolute Gasteiger partial charge is 0.234 e. The molecule has 2 rings (SSSR count). The summed E-state index contributed by atoms with van der Waals surface area (Å²) in [6.07, 6.45) is 2.24. The fourth-order valence-electron chi connectivity index (χ4n) is 2.58. The van der Waals surface area contributed by atoms with Crippen LogP contribution in [-0.4, -0.2) is 37.0 Å². The summed E-state index contributed by atoms with van der Waals surface area (Å²) in [7, 11) is 0. The second-order valence-corrected chi connectivity index (χ2v) is 5.23. The Morgan fingerprint density at radius 3 is 2.89 bits per heavy atom. The number of rotatable bonds is 6. The Bertz CT molecular complexity index is 394. The summed E-state index contributed by atoms with van der Waals surface area (Å²) in [5.74, 6) is 0.782. The average Bonchev–Trinajstić information content (AvgIpc) is 2.85. The van der Waals surface area contributed by atoms with Gasteiger partial charge in [-0.3, -0.25) is 9.69 Å². The monoisotopic (exact) mass is 261 g/mol. The van der Waals surface area contributed by atoms with E-state index in [9.17, 15) is 4.79 Å². The van der Waals surface area contributed by atoms with Gasteiger partial charge in [0.05, 0.1) is 6.54 Å². The van der Waals surface area contributed by atoms with Gasteiger partial charge in [0, 0.05) is 13.1 Å². The first-order valence-corrected chi connectivity index (χ1v) is 7.01. The molecule has 0 bridgehead atoms. The van der Waals surface area contributed by atoms with E-state index in [4.69, 9.17) is 5.73 Å². The number of nitrogens with zero attached hydrogens (tertiary/aromatic N) is 1. The third kappa shape index (κ3) is 4.65. The normalized spacial score (nSPS) is 19.5. The van der Waals surface area contributed by atoms with Gasteiger partial charge in [-0.1, -0.05) is 30.3 Å². The molecule has 0 saturated carbocycles. The topological polar surface area (TPSA) is 58.4 Å². The molecule has 4 heteroatoms. The van der Waals surface area contributed by atoms with Gasteiger partial charge in [-0.15, -0.1) is 0 Å². The predicted octanol–water partition coefficient (Wildman–Crippen LogP) is 0.974. The first kappa shape index (κ1) is 14.0. The maximum Gasteiger partial charge on any atom is 0.234 e. The first-order valence-electron chi connectivity index (χ1n) is 7.01. The molecule has 1 heterocycles. The Balaban J connectivity index is 1.68. The number of amides is 1. The minimum atomic E-state index is 0.109. The minimum Gasteiger partial charge on any atom is -0.351 e. The van der Waals surface area contributed by atoms with Crippen LogP contribution in [-0.2, 0) is 11.3 Å². The molecule has 1 unspecified atom stereocenters. The molecule has 1 aliphatic rings. The third-order valence-corrected chi connectivity index (χ3v) is 3.64. The van der Waals surface area contributed by atoms with Crippen molar-refractivity contribution in [1.82, 2.24) is 10.2 Å². The van der Waals surface area contributed by atoms with E-state index in [1.807, 2.05) is 30.3 Å². The predicted molar refractivity (Wildman–Crippen MR) is 76.5 cm³/mol. The van der Waals surface area contributed by atoms with Crippen molar-refractivity contribution in [2.24, 2.45) is 11.7 Å². The van der Waals surface area contributed by atoms with E-state index in [0.29, 0.717) is 19.0 Å². The van der Waals surface area contributed by atoms with Gasteiger partial charge in [0.15, 0.2) is 0 Å². The van der Waals surface area contributed by atoms with E-state index in [-0.39, 0.29) is 5.91 Å². The van der Waals surface area contributed by atoms with E-state index in [1.54, 1.807) is 0 Å². The standard InChI is InChI=1S/C15H23N3O/c16-8-6-14-7-9-18(11-14)12-15(19)17-10-13-4-2-1-3-5-13/h1-5,14H,6-12,16H2,(H,17,19). The number of nitrogens with two attached hydrogens (primary N) is 1. The van der Waals surface area contributed by atoms with Crippen molar-refractivity contribution in [3.05, 3.63) is 35.9 Å². The van der Waals surface area contributed by atoms with Crippen LogP contribution in [0.4, 0.5) is 0 Å². The fourth-order valence-corrected chi connectivity index (χ4v) is 2.58. The van der Waals surface area contributed by atoms with Gasteiger partial charge >= 0.3 is 0 Å². The quantitative estimate of drug-likeness (QED) is 0.802. The van der Waals surface area contributed by atoms with Crippen molar-refractivity contribution in [2.75, 3.05) is 26.2 Å². The summed E-state index contributed by atoms with van der Waals surface area (Å²) in [6, 6.07) is 9.99. The van der Waals surface area contributed by atoms with Crippen molar-refractivity contribution in [1.29, 1.82) is 0 Å². The molecule has 0 aliphatic carbocycles. The van der Waals surface area contributed by atoms with Crippen LogP contribution >= 0.6 is 0 Å². The van der Waals surface area contributed by atoms with Crippen LogP contribution in [0.2, 0.25) is 0 Å². The molecule has 1 atom stereocenters. The van der Waals surface area contributed by atoms with Gasteiger partial charge in [0.25, 0.3) is 0 Å². The number of hydrogen-bond acceptors (Lipinski definition) is 3. The number of hydrogen-bond donors (Lipinski definition) is 2. The molecule has 4 nitrogen and oxygen atoms in total. The second kappa shape index (κ2) is 7.26. The van der Waals surface area contributed by atoms with Crippen LogP contribution in [0.15, 0.2) is 30.3 Å². The Kier molecular flexibility index (Phi) is 5.36. The Labute approximate surface area is 115 Å². The van der Waals surface area contributed by atoms with E-state index in [1.165, 1.54) is 6.42 Å². The summed E-state index contributed by atoms with van der Waals surface area (Å²) >= 11 is 0. The summed E-state index contributed by atoms with van der Waals surface area (Å²) in [6.45, 7) is 3.89. The van der Waals surface area contributed by atoms with E-state index >= 15 is 0 Å². The average molecular weight is 261 g/mol. The van der Waals surface area contributed by atoms with Gasteiger partial charge in [-0.05, 0) is 37.4 Å². The zero-order valence-electron chi connectivity index (χ0n) is 11.3. The Morgan fingerprint density at radius 2 is 2.16 bits per heavy atom. The van der Waals surface area contributed by atoms with Crippen LogP contribution in [0.3, 0.4) is 0 Å². The Hall–Kier alpha value is -1.39. The molecule has 0 aromatic heterocycles. The highest BCUT2D eigenvalue weighted by molar-refractivity contribution is 5.78. The van der Waals surface area contributed by atoms with Crippen molar-refractivity contribution in [3.63, 3.8) is 0 Å². The summed E-state index contributed by atoms with van der Waals surface area (Å²) in [4.78, 5) is 14.1. The van der Waals surface area contributed by atoms with Gasteiger partial charge in [0.1, 0.15) is 0 Å². The minimum absolute atomic E-state index is 0.109. The maximum absolute atomic E-state index is 11.9. The molecule has 1 fully saturated rings. The van der Waals surface area contributed by atoms with Crippen LogP contribution < -0.4 is 11.1 Å². The molecule has 1 aromatic rings. The number of nitrogens with one attached hydrogen (secondary N) is 1. The molecule has 0 radical (unpaired) electrons. The number of carbonyl (C=O) groups excluding carboxylic acids is 1. The summed E-state index contributed by atoms with van der Waals surface area (Å²) < 4.78 is 0. The molecule has 1 amide bonds. The number of likely N-dealkylation sites (tertiary alicyclic amines) is 1. The highest BCUT2D eigenvalue weighted by Crippen LogP contribution is 2.18. The maximum atomic E-state index is 11.9. The van der Waals surface area contributed by atoms with Gasteiger partial charge in [-0.25, -0.2) is 0 Å². The van der Waals surface area contributed by atoms with Crippen LogP contribution in [0.1, 0.15) is 18.4 Å². The lowest BCUT2D eigenvalue weighted by Crippen LogP contribution is -2.35. The number of carbonyl (C=O) groups is 1. The number of benzene rings is 1. The fraction of sp³-hybridized carbons (Fsp3) is 0.533. The molecule has 0 spiro atoms. The zero-order valence-corrected chi connectivity index (χ0v) is 11.3.